The van der Waals surface area contributed by atoms with Crippen LogP contribution in [0.5, 0.6) is 0 Å². The molecular weight excluding hydrogens is 348 g/mol. The number of para-hydroxylation sites is 2. The molecule has 0 radical (unpaired) electrons. The van der Waals surface area contributed by atoms with Crippen molar-refractivity contribution in [1.29, 1.82) is 0 Å². The molecule has 0 amide bonds. The van der Waals surface area contributed by atoms with Crippen molar-refractivity contribution in [2.45, 2.75) is 18.9 Å². The zero-order valence-corrected chi connectivity index (χ0v) is 15.4. The number of hydrogen-bond acceptors (Lipinski definition) is 3. The van der Waals surface area contributed by atoms with Crippen LogP contribution in [0.1, 0.15) is 23.2 Å². The number of rotatable bonds is 3. The average Bonchev–Trinajstić information content (AvgIpc) is 2.94. The van der Waals surface area contributed by atoms with Crippen molar-refractivity contribution < 1.29 is 9.53 Å². The summed E-state index contributed by atoms with van der Waals surface area (Å²) in [6.07, 6.45) is 1.84. The third-order valence-corrected chi connectivity index (χ3v) is 5.25. The van der Waals surface area contributed by atoms with E-state index in [4.69, 9.17) is 16.3 Å². The summed E-state index contributed by atoms with van der Waals surface area (Å²) in [5.41, 5.74) is 2.26. The van der Waals surface area contributed by atoms with Crippen LogP contribution in [0.15, 0.2) is 54.6 Å². The van der Waals surface area contributed by atoms with Crippen molar-refractivity contribution >= 4 is 28.5 Å². The van der Waals surface area contributed by atoms with Crippen LogP contribution in [0.25, 0.3) is 16.6 Å². The van der Waals surface area contributed by atoms with Gasteiger partial charge in [-0.25, -0.2) is 4.79 Å². The molecule has 5 heteroatoms. The topological polar surface area (TPSA) is 34.5 Å². The van der Waals surface area contributed by atoms with Gasteiger partial charge in [-0.2, -0.15) is 0 Å². The summed E-state index contributed by atoms with van der Waals surface area (Å²) in [7, 11) is 2.05. The highest BCUT2D eigenvalue weighted by molar-refractivity contribution is 6.35. The number of benzene rings is 2. The van der Waals surface area contributed by atoms with E-state index in [1.807, 2.05) is 66.2 Å². The Morgan fingerprint density at radius 3 is 2.62 bits per heavy atom. The molecule has 0 aliphatic carbocycles. The van der Waals surface area contributed by atoms with Gasteiger partial charge in [0.15, 0.2) is 0 Å². The number of carbonyl (C=O) groups excluding carboxylic acids is 1. The summed E-state index contributed by atoms with van der Waals surface area (Å²) in [5.74, 6) is -0.346. The van der Waals surface area contributed by atoms with Gasteiger partial charge in [-0.3, -0.25) is 4.57 Å². The molecular formula is C21H21ClN2O2. The minimum Gasteiger partial charge on any atom is -0.457 e. The monoisotopic (exact) mass is 368 g/mol. The van der Waals surface area contributed by atoms with Crippen molar-refractivity contribution in [3.8, 4) is 5.69 Å². The number of fused-ring (bicyclic) bond motifs is 1. The maximum atomic E-state index is 13.0. The lowest BCUT2D eigenvalue weighted by atomic mass is 10.1. The van der Waals surface area contributed by atoms with Crippen LogP contribution >= 0.6 is 11.6 Å². The van der Waals surface area contributed by atoms with Crippen molar-refractivity contribution in [2.75, 3.05) is 20.1 Å². The normalized spacial score (nSPS) is 18.2. The Morgan fingerprint density at radius 2 is 1.85 bits per heavy atom. The van der Waals surface area contributed by atoms with Crippen LogP contribution in [0.4, 0.5) is 0 Å². The van der Waals surface area contributed by atoms with Crippen molar-refractivity contribution in [3.63, 3.8) is 0 Å². The third-order valence-electron chi connectivity index (χ3n) is 4.89. The standard InChI is InChI=1S/C21H21ClN2O2/c1-23-13-7-10-16(14-23)26-21(25)19-17-11-5-6-12-18(17)24(20(19)22)15-8-3-2-4-9-15/h2-6,8-9,11-12,16H,7,10,13-14H2,1H3. The van der Waals surface area contributed by atoms with Crippen molar-refractivity contribution in [1.82, 2.24) is 9.47 Å². The van der Waals surface area contributed by atoms with Crippen LogP contribution in [-0.2, 0) is 4.74 Å². The lowest BCUT2D eigenvalue weighted by Crippen LogP contribution is -2.38. The van der Waals surface area contributed by atoms with E-state index in [9.17, 15) is 4.79 Å². The summed E-state index contributed by atoms with van der Waals surface area (Å²) < 4.78 is 7.71. The SMILES string of the molecule is CN1CCCC(OC(=O)c2c(Cl)n(-c3ccccc3)c3ccccc23)C1. The number of ether oxygens (including phenoxy) is 1. The van der Waals surface area contributed by atoms with E-state index in [0.717, 1.165) is 42.5 Å². The second-order valence-corrected chi connectivity index (χ2v) is 7.14. The van der Waals surface area contributed by atoms with E-state index >= 15 is 0 Å². The molecule has 3 aromatic rings. The highest BCUT2D eigenvalue weighted by Gasteiger charge is 2.27. The van der Waals surface area contributed by atoms with Crippen molar-refractivity contribution in [2.24, 2.45) is 0 Å². The molecule has 0 saturated carbocycles. The van der Waals surface area contributed by atoms with Gasteiger partial charge < -0.3 is 9.64 Å². The van der Waals surface area contributed by atoms with Crippen LogP contribution in [0.3, 0.4) is 0 Å². The summed E-state index contributed by atoms with van der Waals surface area (Å²) in [4.78, 5) is 15.2. The molecule has 0 spiro atoms. The molecule has 134 valence electrons. The number of likely N-dealkylation sites (N-methyl/N-ethyl adjacent to an activating group) is 1. The first-order valence-electron chi connectivity index (χ1n) is 8.89. The lowest BCUT2D eigenvalue weighted by molar-refractivity contribution is 0.0111. The van der Waals surface area contributed by atoms with Gasteiger partial charge in [-0.1, -0.05) is 48.0 Å². The quantitative estimate of drug-likeness (QED) is 0.637. The molecule has 26 heavy (non-hydrogen) atoms. The van der Waals surface area contributed by atoms with Crippen LogP contribution in [0.2, 0.25) is 5.15 Å². The Hall–Kier alpha value is -2.30. The van der Waals surface area contributed by atoms with E-state index in [2.05, 4.69) is 4.90 Å². The second kappa shape index (κ2) is 7.14. The number of carbonyl (C=O) groups is 1. The average molecular weight is 369 g/mol. The Kier molecular flexibility index (Phi) is 4.70. The zero-order valence-electron chi connectivity index (χ0n) is 14.7. The number of aromatic nitrogens is 1. The number of halogens is 1. The second-order valence-electron chi connectivity index (χ2n) is 6.79. The van der Waals surface area contributed by atoms with E-state index in [1.54, 1.807) is 0 Å². The lowest BCUT2D eigenvalue weighted by Gasteiger charge is -2.29. The van der Waals surface area contributed by atoms with Crippen LogP contribution < -0.4 is 0 Å². The molecule has 2 heterocycles. The molecule has 4 rings (SSSR count). The summed E-state index contributed by atoms with van der Waals surface area (Å²) in [5, 5.41) is 1.21. The molecule has 1 aliphatic rings. The van der Waals surface area contributed by atoms with Gasteiger partial charge >= 0.3 is 5.97 Å². The molecule has 2 aromatic carbocycles. The minimum atomic E-state index is -0.346. The molecule has 1 fully saturated rings. The third kappa shape index (κ3) is 3.11. The van der Waals surface area contributed by atoms with Gasteiger partial charge in [-0.05, 0) is 44.6 Å². The first-order valence-corrected chi connectivity index (χ1v) is 9.27. The molecule has 1 atom stereocenters. The Morgan fingerprint density at radius 1 is 1.12 bits per heavy atom. The van der Waals surface area contributed by atoms with E-state index in [0.29, 0.717) is 10.7 Å². The van der Waals surface area contributed by atoms with E-state index in [-0.39, 0.29) is 12.1 Å². The van der Waals surface area contributed by atoms with E-state index in [1.165, 1.54) is 0 Å². The maximum Gasteiger partial charge on any atom is 0.342 e. The fourth-order valence-electron chi connectivity index (χ4n) is 3.66. The first kappa shape index (κ1) is 17.1. The van der Waals surface area contributed by atoms with Gasteiger partial charge in [0, 0.05) is 17.6 Å². The molecule has 0 N–H and O–H groups in total. The summed E-state index contributed by atoms with van der Waals surface area (Å²) in [6.45, 7) is 1.81. The summed E-state index contributed by atoms with van der Waals surface area (Å²) in [6, 6.07) is 17.6. The number of nitrogens with zero attached hydrogens (tertiary/aromatic N) is 2. The largest absolute Gasteiger partial charge is 0.457 e. The van der Waals surface area contributed by atoms with Crippen LogP contribution in [-0.4, -0.2) is 41.7 Å². The molecule has 1 aromatic heterocycles. The first-order chi connectivity index (χ1) is 12.6. The molecule has 0 bridgehead atoms. The van der Waals surface area contributed by atoms with Gasteiger partial charge in [-0.15, -0.1) is 0 Å². The predicted octanol–water partition coefficient (Wildman–Crippen LogP) is 4.53. The number of piperidine rings is 1. The highest BCUT2D eigenvalue weighted by atomic mass is 35.5. The Labute approximate surface area is 157 Å². The van der Waals surface area contributed by atoms with Gasteiger partial charge in [0.25, 0.3) is 0 Å². The molecule has 1 unspecified atom stereocenters. The van der Waals surface area contributed by atoms with E-state index < -0.39 is 0 Å². The minimum absolute atomic E-state index is 0.0869. The fraction of sp³-hybridized carbons (Fsp3) is 0.286. The van der Waals surface area contributed by atoms with Gasteiger partial charge in [0.1, 0.15) is 16.8 Å². The van der Waals surface area contributed by atoms with Gasteiger partial charge in [0.05, 0.1) is 5.52 Å². The molecule has 1 saturated heterocycles. The Balaban J connectivity index is 1.76. The fourth-order valence-corrected chi connectivity index (χ4v) is 4.03. The maximum absolute atomic E-state index is 13.0. The number of hydrogen-bond donors (Lipinski definition) is 0. The van der Waals surface area contributed by atoms with Gasteiger partial charge in [0.2, 0.25) is 0 Å². The smallest absolute Gasteiger partial charge is 0.342 e. The number of esters is 1. The van der Waals surface area contributed by atoms with Crippen LogP contribution in [0, 0.1) is 0 Å². The highest BCUT2D eigenvalue weighted by Crippen LogP contribution is 2.34. The Bertz CT molecular complexity index is 936. The molecule has 4 nitrogen and oxygen atoms in total. The van der Waals surface area contributed by atoms with Crippen molar-refractivity contribution in [3.05, 3.63) is 65.3 Å². The summed E-state index contributed by atoms with van der Waals surface area (Å²) >= 11 is 6.68. The molecule has 1 aliphatic heterocycles. The zero-order chi connectivity index (χ0) is 18.1. The predicted molar refractivity (Wildman–Crippen MR) is 104 cm³/mol. The number of likely N-dealkylation sites (tertiary alicyclic amines) is 1.